The lowest BCUT2D eigenvalue weighted by Gasteiger charge is -2.36. The molecule has 4 atom stereocenters. The van der Waals surface area contributed by atoms with Crippen LogP contribution in [0.2, 0.25) is 0 Å². The number of hydrogen-bond acceptors (Lipinski definition) is 5. The topological polar surface area (TPSA) is 65.1 Å². The molecule has 1 aliphatic heterocycles. The van der Waals surface area contributed by atoms with E-state index in [1.807, 2.05) is 12.1 Å². The molecule has 1 aromatic rings. The van der Waals surface area contributed by atoms with Gasteiger partial charge in [0.2, 0.25) is 0 Å². The third-order valence-electron chi connectivity index (χ3n) is 6.63. The van der Waals surface area contributed by atoms with Crippen molar-refractivity contribution < 1.29 is 23.8 Å². The van der Waals surface area contributed by atoms with E-state index in [4.69, 9.17) is 14.2 Å². The second kappa shape index (κ2) is 9.09. The first-order chi connectivity index (χ1) is 14.2. The molecule has 1 saturated heterocycles. The number of fused-ring (bicyclic) bond motifs is 1. The summed E-state index contributed by atoms with van der Waals surface area (Å²) in [4.78, 5) is 23.9. The van der Waals surface area contributed by atoms with Crippen LogP contribution in [0.5, 0.6) is 11.5 Å². The van der Waals surface area contributed by atoms with E-state index in [1.165, 1.54) is 13.8 Å². The number of ether oxygens (including phenoxy) is 3. The van der Waals surface area contributed by atoms with Gasteiger partial charge in [0, 0.05) is 25.3 Å². The first kappa shape index (κ1) is 22.8. The quantitative estimate of drug-likeness (QED) is 0.240. The van der Waals surface area contributed by atoms with Gasteiger partial charge in [-0.05, 0) is 62.1 Å². The van der Waals surface area contributed by atoms with Crippen LogP contribution in [-0.4, -0.2) is 23.6 Å². The number of carbonyl (C=O) groups is 2. The molecule has 0 spiro atoms. The molecule has 0 bridgehead atoms. The van der Waals surface area contributed by atoms with Gasteiger partial charge >= 0.3 is 11.9 Å². The van der Waals surface area contributed by atoms with Crippen molar-refractivity contribution >= 4 is 11.9 Å². The average Bonchev–Trinajstić information content (AvgIpc) is 3.32. The highest BCUT2D eigenvalue weighted by Crippen LogP contribution is 2.60. The first-order valence-corrected chi connectivity index (χ1v) is 11.4. The molecule has 2 aliphatic rings. The summed E-state index contributed by atoms with van der Waals surface area (Å²) in [6.45, 7) is 11.6. The molecule has 3 rings (SSSR count). The number of carbonyl (C=O) groups excluding carboxylic acids is 2. The van der Waals surface area contributed by atoms with E-state index in [2.05, 4.69) is 27.7 Å². The van der Waals surface area contributed by atoms with E-state index in [0.717, 1.165) is 49.7 Å². The summed E-state index contributed by atoms with van der Waals surface area (Å²) < 4.78 is 17.6. The minimum absolute atomic E-state index is 0.0251. The van der Waals surface area contributed by atoms with Crippen molar-refractivity contribution in [1.29, 1.82) is 0 Å². The molecule has 1 aliphatic carbocycles. The van der Waals surface area contributed by atoms with Crippen LogP contribution in [0.3, 0.4) is 0 Å². The predicted octanol–water partition coefficient (Wildman–Crippen LogP) is 5.58. The molecule has 0 amide bonds. The first-order valence-electron chi connectivity index (χ1n) is 11.4. The lowest BCUT2D eigenvalue weighted by atomic mass is 9.67. The summed E-state index contributed by atoms with van der Waals surface area (Å²) >= 11 is 0. The Morgan fingerprint density at radius 1 is 1.13 bits per heavy atom. The maximum Gasteiger partial charge on any atom is 0.308 e. The van der Waals surface area contributed by atoms with Crippen molar-refractivity contribution in [2.24, 2.45) is 11.8 Å². The number of unbranched alkanes of at least 4 members (excludes halogenated alkanes) is 2. The summed E-state index contributed by atoms with van der Waals surface area (Å²) in [5, 5.41) is 0. The highest BCUT2D eigenvalue weighted by molar-refractivity contribution is 5.73. The third-order valence-corrected chi connectivity index (χ3v) is 6.63. The van der Waals surface area contributed by atoms with Crippen LogP contribution in [0, 0.1) is 11.8 Å². The molecule has 0 radical (unpaired) electrons. The van der Waals surface area contributed by atoms with E-state index >= 15 is 0 Å². The van der Waals surface area contributed by atoms with Gasteiger partial charge in [-0.1, -0.05) is 33.6 Å². The predicted molar refractivity (Wildman–Crippen MR) is 116 cm³/mol. The molecule has 1 heterocycles. The molecular weight excluding hydrogens is 380 g/mol. The number of aryl methyl sites for hydroxylation is 1. The number of hydrogen-bond donors (Lipinski definition) is 0. The van der Waals surface area contributed by atoms with Crippen LogP contribution >= 0.6 is 0 Å². The second-order valence-corrected chi connectivity index (χ2v) is 9.47. The lowest BCUT2D eigenvalue weighted by molar-refractivity contribution is -0.132. The van der Waals surface area contributed by atoms with Gasteiger partial charge in [-0.15, -0.1) is 0 Å². The van der Waals surface area contributed by atoms with E-state index in [9.17, 15) is 9.59 Å². The van der Waals surface area contributed by atoms with Crippen LogP contribution < -0.4 is 9.47 Å². The van der Waals surface area contributed by atoms with E-state index in [0.29, 0.717) is 23.3 Å². The van der Waals surface area contributed by atoms with Crippen LogP contribution in [0.25, 0.3) is 0 Å². The molecule has 4 unspecified atom stereocenters. The molecule has 30 heavy (non-hydrogen) atoms. The second-order valence-electron chi connectivity index (χ2n) is 9.47. The molecular formula is C25H36O5. The van der Waals surface area contributed by atoms with Crippen molar-refractivity contribution in [2.45, 2.75) is 97.7 Å². The van der Waals surface area contributed by atoms with Crippen LogP contribution in [0.15, 0.2) is 12.1 Å². The van der Waals surface area contributed by atoms with Crippen molar-refractivity contribution in [2.75, 3.05) is 0 Å². The van der Waals surface area contributed by atoms with E-state index < -0.39 is 0 Å². The Kier molecular flexibility index (Phi) is 6.91. The number of epoxide rings is 1. The Morgan fingerprint density at radius 3 is 2.23 bits per heavy atom. The maximum atomic E-state index is 12.0. The normalized spacial score (nSPS) is 27.5. The van der Waals surface area contributed by atoms with Crippen LogP contribution in [-0.2, 0) is 20.7 Å². The molecule has 0 N–H and O–H groups in total. The van der Waals surface area contributed by atoms with E-state index in [1.54, 1.807) is 0 Å². The van der Waals surface area contributed by atoms with Gasteiger partial charge in [0.1, 0.15) is 11.5 Å². The van der Waals surface area contributed by atoms with Gasteiger partial charge in [-0.3, -0.25) is 9.59 Å². The molecule has 1 saturated carbocycles. The maximum absolute atomic E-state index is 12.0. The number of esters is 2. The zero-order valence-electron chi connectivity index (χ0n) is 19.2. The standard InChI is InChI=1S/C25H36O5/c1-7-8-9-10-18-13-20(28-16(4)26)23(21(14-18)29-17(5)27)22-19(15(2)3)11-12-25(6)24(22)30-25/h13-15,19,22,24H,7-12H2,1-6H3. The summed E-state index contributed by atoms with van der Waals surface area (Å²) in [6, 6.07) is 3.93. The summed E-state index contributed by atoms with van der Waals surface area (Å²) in [7, 11) is 0. The van der Waals surface area contributed by atoms with Gasteiger partial charge in [0.15, 0.2) is 0 Å². The van der Waals surface area contributed by atoms with Gasteiger partial charge in [-0.25, -0.2) is 0 Å². The van der Waals surface area contributed by atoms with Crippen LogP contribution in [0.4, 0.5) is 0 Å². The van der Waals surface area contributed by atoms with Crippen LogP contribution in [0.1, 0.15) is 90.7 Å². The Bertz CT molecular complexity index is 762. The highest BCUT2D eigenvalue weighted by atomic mass is 16.6. The fourth-order valence-corrected chi connectivity index (χ4v) is 5.07. The average molecular weight is 417 g/mol. The van der Waals surface area contributed by atoms with Gasteiger partial charge in [-0.2, -0.15) is 0 Å². The Morgan fingerprint density at radius 2 is 1.73 bits per heavy atom. The Balaban J connectivity index is 2.11. The fourth-order valence-electron chi connectivity index (χ4n) is 5.07. The molecule has 2 fully saturated rings. The number of benzene rings is 1. The van der Waals surface area contributed by atoms with Crippen molar-refractivity contribution in [1.82, 2.24) is 0 Å². The fraction of sp³-hybridized carbons (Fsp3) is 0.680. The zero-order chi connectivity index (χ0) is 22.1. The van der Waals surface area contributed by atoms with Crippen molar-refractivity contribution in [3.05, 3.63) is 23.3 Å². The lowest BCUT2D eigenvalue weighted by Crippen LogP contribution is -2.33. The highest BCUT2D eigenvalue weighted by Gasteiger charge is 2.62. The molecule has 1 aromatic carbocycles. The molecule has 5 heteroatoms. The van der Waals surface area contributed by atoms with E-state index in [-0.39, 0.29) is 29.6 Å². The van der Waals surface area contributed by atoms with Gasteiger partial charge < -0.3 is 14.2 Å². The largest absolute Gasteiger partial charge is 0.426 e. The van der Waals surface area contributed by atoms with Gasteiger partial charge in [0.25, 0.3) is 0 Å². The molecule has 5 nitrogen and oxygen atoms in total. The minimum atomic E-state index is -0.368. The Hall–Kier alpha value is -1.88. The Labute approximate surface area is 180 Å². The molecule has 166 valence electrons. The third kappa shape index (κ3) is 4.88. The monoisotopic (exact) mass is 416 g/mol. The van der Waals surface area contributed by atoms with Crippen molar-refractivity contribution in [3.63, 3.8) is 0 Å². The summed E-state index contributed by atoms with van der Waals surface area (Å²) in [5.41, 5.74) is 1.69. The smallest absolute Gasteiger partial charge is 0.308 e. The number of rotatable bonds is 8. The minimum Gasteiger partial charge on any atom is -0.426 e. The molecule has 0 aromatic heterocycles. The summed E-state index contributed by atoms with van der Waals surface area (Å²) in [6.07, 6.45) is 6.25. The van der Waals surface area contributed by atoms with Gasteiger partial charge in [0.05, 0.1) is 11.7 Å². The summed E-state index contributed by atoms with van der Waals surface area (Å²) in [5.74, 6) is 1.12. The zero-order valence-corrected chi connectivity index (χ0v) is 19.2. The SMILES string of the molecule is CCCCCc1cc(OC(C)=O)c(C2C(C(C)C)CCC3(C)OC23)c(OC(C)=O)c1. The van der Waals surface area contributed by atoms with Crippen molar-refractivity contribution in [3.8, 4) is 11.5 Å².